The highest BCUT2D eigenvalue weighted by atomic mass is 32.1. The molecule has 2 amide bonds. The first-order chi connectivity index (χ1) is 13.5. The van der Waals surface area contributed by atoms with Crippen LogP contribution in [0.15, 0.2) is 12.2 Å². The molecular formula is C21H26N2O4S. The minimum absolute atomic E-state index is 0.0973. The molecule has 28 heavy (non-hydrogen) atoms. The Morgan fingerprint density at radius 2 is 1.71 bits per heavy atom. The van der Waals surface area contributed by atoms with Crippen molar-refractivity contribution in [2.45, 2.75) is 63.8 Å². The number of anilines is 1. The first-order valence-corrected chi connectivity index (χ1v) is 11.0. The SMILES string of the molecule is O=C(NC1CCCC1)c1c(NC(=O)C2CC=CCC2C(=O)O)sc2c1CCC2. The monoisotopic (exact) mass is 402 g/mol. The number of aryl methyl sites for hydroxylation is 1. The summed E-state index contributed by atoms with van der Waals surface area (Å²) in [5.74, 6) is -2.67. The number of aliphatic carboxylic acids is 1. The maximum Gasteiger partial charge on any atom is 0.307 e. The highest BCUT2D eigenvalue weighted by Crippen LogP contribution is 2.40. The highest BCUT2D eigenvalue weighted by Gasteiger charge is 2.36. The van der Waals surface area contributed by atoms with Gasteiger partial charge >= 0.3 is 5.97 Å². The predicted octanol–water partition coefficient (Wildman–Crippen LogP) is 3.51. The van der Waals surface area contributed by atoms with Gasteiger partial charge in [0.2, 0.25) is 5.91 Å². The van der Waals surface area contributed by atoms with Crippen molar-refractivity contribution in [3.05, 3.63) is 28.2 Å². The first-order valence-electron chi connectivity index (χ1n) is 10.2. The van der Waals surface area contributed by atoms with Crippen molar-refractivity contribution in [1.29, 1.82) is 0 Å². The third-order valence-corrected chi connectivity index (χ3v) is 7.37. The second-order valence-corrected chi connectivity index (χ2v) is 9.10. The van der Waals surface area contributed by atoms with Crippen molar-refractivity contribution in [2.75, 3.05) is 5.32 Å². The molecule has 1 saturated carbocycles. The molecule has 0 saturated heterocycles. The molecule has 0 aromatic carbocycles. The fourth-order valence-corrected chi connectivity index (χ4v) is 5.93. The van der Waals surface area contributed by atoms with Crippen LogP contribution in [0.5, 0.6) is 0 Å². The van der Waals surface area contributed by atoms with E-state index in [2.05, 4.69) is 10.6 Å². The lowest BCUT2D eigenvalue weighted by molar-refractivity contribution is -0.146. The van der Waals surface area contributed by atoms with E-state index in [1.807, 2.05) is 12.2 Å². The second kappa shape index (κ2) is 8.07. The molecule has 4 rings (SSSR count). The molecule has 0 spiro atoms. The summed E-state index contributed by atoms with van der Waals surface area (Å²) in [6, 6.07) is 0.216. The molecule has 3 aliphatic carbocycles. The van der Waals surface area contributed by atoms with Gasteiger partial charge in [0.1, 0.15) is 5.00 Å². The van der Waals surface area contributed by atoms with Crippen molar-refractivity contribution in [3.63, 3.8) is 0 Å². The molecule has 0 bridgehead atoms. The summed E-state index contributed by atoms with van der Waals surface area (Å²) in [5.41, 5.74) is 1.67. The Kier molecular flexibility index (Phi) is 5.53. The summed E-state index contributed by atoms with van der Waals surface area (Å²) in [7, 11) is 0. The highest BCUT2D eigenvalue weighted by molar-refractivity contribution is 7.17. The van der Waals surface area contributed by atoms with Crippen LogP contribution in [-0.4, -0.2) is 28.9 Å². The van der Waals surface area contributed by atoms with Crippen molar-refractivity contribution in [3.8, 4) is 0 Å². The van der Waals surface area contributed by atoms with Crippen molar-refractivity contribution >= 4 is 34.1 Å². The Bertz CT molecular complexity index is 823. The molecule has 0 aliphatic heterocycles. The molecule has 2 atom stereocenters. The van der Waals surface area contributed by atoms with E-state index in [0.717, 1.165) is 50.5 Å². The second-order valence-electron chi connectivity index (χ2n) is 8.00. The van der Waals surface area contributed by atoms with E-state index in [4.69, 9.17) is 0 Å². The number of amides is 2. The van der Waals surface area contributed by atoms with E-state index in [-0.39, 0.29) is 17.9 Å². The lowest BCUT2D eigenvalue weighted by Crippen LogP contribution is -2.36. The topological polar surface area (TPSA) is 95.5 Å². The van der Waals surface area contributed by atoms with Gasteiger partial charge in [-0.1, -0.05) is 25.0 Å². The number of hydrogen-bond donors (Lipinski definition) is 3. The zero-order valence-electron chi connectivity index (χ0n) is 15.8. The number of hydrogen-bond acceptors (Lipinski definition) is 4. The molecular weight excluding hydrogens is 376 g/mol. The summed E-state index contributed by atoms with van der Waals surface area (Å²) in [5, 5.41) is 16.1. The van der Waals surface area contributed by atoms with Gasteiger partial charge < -0.3 is 15.7 Å². The van der Waals surface area contributed by atoms with E-state index in [1.165, 1.54) is 16.2 Å². The third kappa shape index (κ3) is 3.72. The average Bonchev–Trinajstić information content (AvgIpc) is 3.39. The molecule has 150 valence electrons. The van der Waals surface area contributed by atoms with Crippen LogP contribution >= 0.6 is 11.3 Å². The van der Waals surface area contributed by atoms with Gasteiger partial charge in [-0.25, -0.2) is 0 Å². The minimum Gasteiger partial charge on any atom is -0.481 e. The lowest BCUT2D eigenvalue weighted by atomic mass is 9.82. The Hall–Kier alpha value is -2.15. The number of nitrogens with one attached hydrogen (secondary N) is 2. The molecule has 0 radical (unpaired) electrons. The molecule has 1 aromatic heterocycles. The molecule has 6 nitrogen and oxygen atoms in total. The minimum atomic E-state index is -0.947. The molecule has 1 heterocycles. The smallest absolute Gasteiger partial charge is 0.307 e. The maximum atomic E-state index is 13.0. The Labute approximate surface area is 168 Å². The van der Waals surface area contributed by atoms with E-state index in [9.17, 15) is 19.5 Å². The number of rotatable bonds is 5. The lowest BCUT2D eigenvalue weighted by Gasteiger charge is -2.24. The van der Waals surface area contributed by atoms with Crippen LogP contribution in [-0.2, 0) is 22.4 Å². The molecule has 1 aromatic rings. The van der Waals surface area contributed by atoms with E-state index in [1.54, 1.807) is 0 Å². The molecule has 3 N–H and O–H groups in total. The Balaban J connectivity index is 1.55. The first kappa shape index (κ1) is 19.2. The quantitative estimate of drug-likeness (QED) is 0.657. The molecule has 3 aliphatic rings. The van der Waals surface area contributed by atoms with E-state index in [0.29, 0.717) is 23.4 Å². The van der Waals surface area contributed by atoms with Gasteiger partial charge in [-0.15, -0.1) is 11.3 Å². The fraction of sp³-hybridized carbons (Fsp3) is 0.571. The molecule has 2 unspecified atom stereocenters. The molecule has 7 heteroatoms. The van der Waals surface area contributed by atoms with Gasteiger partial charge in [0, 0.05) is 10.9 Å². The van der Waals surface area contributed by atoms with Gasteiger partial charge in [0.25, 0.3) is 5.91 Å². The van der Waals surface area contributed by atoms with Gasteiger partial charge in [0.15, 0.2) is 0 Å². The normalized spacial score (nSPS) is 24.1. The number of allylic oxidation sites excluding steroid dienone is 2. The van der Waals surface area contributed by atoms with E-state index < -0.39 is 17.8 Å². The Morgan fingerprint density at radius 1 is 1.00 bits per heavy atom. The molecule has 1 fully saturated rings. The summed E-state index contributed by atoms with van der Waals surface area (Å²) in [6.45, 7) is 0. The van der Waals surface area contributed by atoms with Crippen LogP contribution < -0.4 is 10.6 Å². The van der Waals surface area contributed by atoms with Crippen molar-refractivity contribution < 1.29 is 19.5 Å². The van der Waals surface area contributed by atoms with Crippen LogP contribution in [0.25, 0.3) is 0 Å². The van der Waals surface area contributed by atoms with Crippen LogP contribution in [0, 0.1) is 11.8 Å². The summed E-state index contributed by atoms with van der Waals surface area (Å²) in [6.07, 6.45) is 11.6. The van der Waals surface area contributed by atoms with Gasteiger partial charge in [-0.3, -0.25) is 14.4 Å². The maximum absolute atomic E-state index is 13.0. The zero-order valence-corrected chi connectivity index (χ0v) is 16.6. The number of carbonyl (C=O) groups is 3. The van der Waals surface area contributed by atoms with Gasteiger partial charge in [-0.05, 0) is 50.5 Å². The average molecular weight is 403 g/mol. The van der Waals surface area contributed by atoms with Crippen LogP contribution in [0.1, 0.15) is 65.7 Å². The summed E-state index contributed by atoms with van der Waals surface area (Å²) < 4.78 is 0. The summed E-state index contributed by atoms with van der Waals surface area (Å²) in [4.78, 5) is 38.6. The van der Waals surface area contributed by atoms with Gasteiger partial charge in [-0.2, -0.15) is 0 Å². The van der Waals surface area contributed by atoms with Crippen LogP contribution in [0.2, 0.25) is 0 Å². The van der Waals surface area contributed by atoms with Gasteiger partial charge in [0.05, 0.1) is 17.4 Å². The predicted molar refractivity (Wildman–Crippen MR) is 108 cm³/mol. The summed E-state index contributed by atoms with van der Waals surface area (Å²) >= 11 is 1.48. The number of carboxylic acids is 1. The van der Waals surface area contributed by atoms with Crippen LogP contribution in [0.4, 0.5) is 5.00 Å². The third-order valence-electron chi connectivity index (χ3n) is 6.16. The van der Waals surface area contributed by atoms with Crippen molar-refractivity contribution in [2.24, 2.45) is 11.8 Å². The fourth-order valence-electron chi connectivity index (χ4n) is 4.64. The van der Waals surface area contributed by atoms with Crippen LogP contribution in [0.3, 0.4) is 0 Å². The van der Waals surface area contributed by atoms with Crippen molar-refractivity contribution in [1.82, 2.24) is 5.32 Å². The number of fused-ring (bicyclic) bond motifs is 1. The number of carboxylic acid groups (broad SMARTS) is 1. The Morgan fingerprint density at radius 3 is 2.43 bits per heavy atom. The number of carbonyl (C=O) groups excluding carboxylic acids is 2. The zero-order chi connectivity index (χ0) is 19.7. The van der Waals surface area contributed by atoms with E-state index >= 15 is 0 Å². The largest absolute Gasteiger partial charge is 0.481 e. The standard InChI is InChI=1S/C21H26N2O4S/c24-18(13-8-3-4-9-14(13)21(26)27)23-20-17(15-10-5-11-16(15)28-20)19(25)22-12-6-1-2-7-12/h3-4,12-14H,1-2,5-11H2,(H,22,25)(H,23,24)(H,26,27). The number of thiophene rings is 1.